The van der Waals surface area contributed by atoms with Crippen LogP contribution in [0.15, 0.2) is 40.9 Å². The zero-order valence-corrected chi connectivity index (χ0v) is 11.5. The van der Waals surface area contributed by atoms with Crippen molar-refractivity contribution in [1.82, 2.24) is 0 Å². The minimum atomic E-state index is 0.265. The summed E-state index contributed by atoms with van der Waals surface area (Å²) in [5.41, 5.74) is 2.54. The number of rotatable bonds is 3. The van der Waals surface area contributed by atoms with Crippen LogP contribution in [0, 0.1) is 6.92 Å². The zero-order chi connectivity index (χ0) is 13.1. The summed E-state index contributed by atoms with van der Waals surface area (Å²) in [6.07, 6.45) is 0. The number of hydrogen-bond donors (Lipinski definition) is 3. The number of aryl methyl sites for hydroxylation is 1. The summed E-state index contributed by atoms with van der Waals surface area (Å²) in [6.45, 7) is 2.37. The highest BCUT2D eigenvalue weighted by Gasteiger charge is 2.03. The third kappa shape index (κ3) is 2.96. The predicted molar refractivity (Wildman–Crippen MR) is 76.0 cm³/mol. The van der Waals surface area contributed by atoms with Gasteiger partial charge in [-0.2, -0.15) is 0 Å². The van der Waals surface area contributed by atoms with Gasteiger partial charge in [-0.1, -0.05) is 15.9 Å². The first-order valence-electron chi connectivity index (χ1n) is 5.57. The van der Waals surface area contributed by atoms with E-state index in [9.17, 15) is 10.2 Å². The number of phenols is 2. The van der Waals surface area contributed by atoms with E-state index in [0.29, 0.717) is 6.54 Å². The first-order chi connectivity index (χ1) is 8.56. The lowest BCUT2D eigenvalue weighted by atomic mass is 10.1. The second-order valence-corrected chi connectivity index (χ2v) is 5.04. The summed E-state index contributed by atoms with van der Waals surface area (Å²) in [5, 5.41) is 22.4. The smallest absolute Gasteiger partial charge is 0.120 e. The molecule has 0 saturated carbocycles. The fraction of sp³-hybridized carbons (Fsp3) is 0.143. The van der Waals surface area contributed by atoms with Crippen LogP contribution in [-0.2, 0) is 6.54 Å². The Balaban J connectivity index is 2.11. The molecule has 0 radical (unpaired) electrons. The monoisotopic (exact) mass is 307 g/mol. The van der Waals surface area contributed by atoms with Crippen molar-refractivity contribution in [2.24, 2.45) is 0 Å². The summed E-state index contributed by atoms with van der Waals surface area (Å²) in [7, 11) is 0. The van der Waals surface area contributed by atoms with E-state index in [-0.39, 0.29) is 11.5 Å². The zero-order valence-electron chi connectivity index (χ0n) is 9.94. The van der Waals surface area contributed by atoms with Gasteiger partial charge >= 0.3 is 0 Å². The van der Waals surface area contributed by atoms with Crippen molar-refractivity contribution >= 4 is 21.6 Å². The fourth-order valence-corrected chi connectivity index (χ4v) is 2.07. The van der Waals surface area contributed by atoms with Gasteiger partial charge in [0.2, 0.25) is 0 Å². The van der Waals surface area contributed by atoms with Crippen LogP contribution in [0.1, 0.15) is 11.1 Å². The Labute approximate surface area is 114 Å². The molecule has 0 aliphatic rings. The van der Waals surface area contributed by atoms with Gasteiger partial charge in [0.05, 0.1) is 0 Å². The number of halogens is 1. The van der Waals surface area contributed by atoms with Crippen LogP contribution in [0.5, 0.6) is 11.5 Å². The molecule has 0 bridgehead atoms. The quantitative estimate of drug-likeness (QED) is 0.756. The van der Waals surface area contributed by atoms with Crippen molar-refractivity contribution in [3.05, 3.63) is 52.0 Å². The molecule has 0 fully saturated rings. The highest BCUT2D eigenvalue weighted by molar-refractivity contribution is 9.10. The average molecular weight is 308 g/mol. The molecule has 3 nitrogen and oxygen atoms in total. The third-order valence-electron chi connectivity index (χ3n) is 2.72. The van der Waals surface area contributed by atoms with Crippen molar-refractivity contribution in [3.63, 3.8) is 0 Å². The van der Waals surface area contributed by atoms with Gasteiger partial charge in [0.1, 0.15) is 11.5 Å². The van der Waals surface area contributed by atoms with Crippen molar-refractivity contribution in [2.75, 3.05) is 5.32 Å². The van der Waals surface area contributed by atoms with Crippen LogP contribution in [0.4, 0.5) is 5.69 Å². The van der Waals surface area contributed by atoms with E-state index in [1.54, 1.807) is 24.3 Å². The standard InChI is InChI=1S/C14H14BrNO2/c1-9-6-12(3-5-13(9)17)16-8-10-7-11(15)2-4-14(10)18/h2-7,16-18H,8H2,1H3. The van der Waals surface area contributed by atoms with Gasteiger partial charge in [0.25, 0.3) is 0 Å². The Morgan fingerprint density at radius 2 is 1.78 bits per heavy atom. The van der Waals surface area contributed by atoms with Gasteiger partial charge in [-0.05, 0) is 48.9 Å². The molecule has 0 aliphatic carbocycles. The predicted octanol–water partition coefficient (Wildman–Crippen LogP) is 3.78. The van der Waals surface area contributed by atoms with Crippen molar-refractivity contribution in [2.45, 2.75) is 13.5 Å². The summed E-state index contributed by atoms with van der Waals surface area (Å²) < 4.78 is 0.930. The van der Waals surface area contributed by atoms with Crippen molar-refractivity contribution < 1.29 is 10.2 Å². The molecule has 2 aromatic rings. The van der Waals surface area contributed by atoms with Gasteiger partial charge < -0.3 is 15.5 Å². The molecule has 0 aromatic heterocycles. The van der Waals surface area contributed by atoms with E-state index in [2.05, 4.69) is 21.2 Å². The number of aromatic hydroxyl groups is 2. The summed E-state index contributed by atoms with van der Waals surface area (Å²) in [4.78, 5) is 0. The molecule has 94 valence electrons. The van der Waals surface area contributed by atoms with Crippen molar-refractivity contribution in [3.8, 4) is 11.5 Å². The highest BCUT2D eigenvalue weighted by atomic mass is 79.9. The van der Waals surface area contributed by atoms with E-state index in [0.717, 1.165) is 21.3 Å². The molecular weight excluding hydrogens is 294 g/mol. The number of phenolic OH excluding ortho intramolecular Hbond substituents is 2. The molecule has 0 aliphatic heterocycles. The van der Waals surface area contributed by atoms with Crippen LogP contribution in [0.2, 0.25) is 0 Å². The first-order valence-corrected chi connectivity index (χ1v) is 6.36. The van der Waals surface area contributed by atoms with E-state index in [1.807, 2.05) is 19.1 Å². The number of nitrogens with one attached hydrogen (secondary N) is 1. The molecule has 0 atom stereocenters. The third-order valence-corrected chi connectivity index (χ3v) is 3.21. The molecule has 2 rings (SSSR count). The lowest BCUT2D eigenvalue weighted by Gasteiger charge is -2.10. The van der Waals surface area contributed by atoms with Crippen LogP contribution in [0.25, 0.3) is 0 Å². The maximum Gasteiger partial charge on any atom is 0.120 e. The van der Waals surface area contributed by atoms with Gasteiger partial charge in [0, 0.05) is 22.3 Å². The molecular formula is C14H14BrNO2. The molecule has 0 amide bonds. The van der Waals surface area contributed by atoms with Crippen LogP contribution < -0.4 is 5.32 Å². The molecule has 3 N–H and O–H groups in total. The number of hydrogen-bond acceptors (Lipinski definition) is 3. The van der Waals surface area contributed by atoms with Crippen LogP contribution in [-0.4, -0.2) is 10.2 Å². The second-order valence-electron chi connectivity index (χ2n) is 4.13. The fourth-order valence-electron chi connectivity index (χ4n) is 1.66. The summed E-state index contributed by atoms with van der Waals surface area (Å²) in [6, 6.07) is 10.6. The van der Waals surface area contributed by atoms with Gasteiger partial charge in [-0.15, -0.1) is 0 Å². The molecule has 18 heavy (non-hydrogen) atoms. The van der Waals surface area contributed by atoms with E-state index in [1.165, 1.54) is 0 Å². The second kappa shape index (κ2) is 5.31. The Hall–Kier alpha value is -1.68. The minimum Gasteiger partial charge on any atom is -0.508 e. The average Bonchev–Trinajstić information content (AvgIpc) is 2.34. The van der Waals surface area contributed by atoms with Crippen molar-refractivity contribution in [1.29, 1.82) is 0 Å². The van der Waals surface area contributed by atoms with Gasteiger partial charge in [-0.25, -0.2) is 0 Å². The maximum atomic E-state index is 9.71. The van der Waals surface area contributed by atoms with Crippen LogP contribution >= 0.6 is 15.9 Å². The topological polar surface area (TPSA) is 52.5 Å². The normalized spacial score (nSPS) is 10.3. The Morgan fingerprint density at radius 1 is 1.06 bits per heavy atom. The minimum absolute atomic E-state index is 0.265. The lowest BCUT2D eigenvalue weighted by molar-refractivity contribution is 0.468. The van der Waals surface area contributed by atoms with Gasteiger partial charge in [-0.3, -0.25) is 0 Å². The maximum absolute atomic E-state index is 9.71. The van der Waals surface area contributed by atoms with Crippen LogP contribution in [0.3, 0.4) is 0 Å². The molecule has 0 saturated heterocycles. The number of benzene rings is 2. The molecule has 0 heterocycles. The molecule has 2 aromatic carbocycles. The largest absolute Gasteiger partial charge is 0.508 e. The summed E-state index contributed by atoms with van der Waals surface area (Å²) >= 11 is 3.37. The number of anilines is 1. The molecule has 0 unspecified atom stereocenters. The highest BCUT2D eigenvalue weighted by Crippen LogP contribution is 2.24. The van der Waals surface area contributed by atoms with E-state index >= 15 is 0 Å². The molecule has 0 spiro atoms. The Kier molecular flexibility index (Phi) is 3.77. The Morgan fingerprint density at radius 3 is 2.50 bits per heavy atom. The van der Waals surface area contributed by atoms with E-state index < -0.39 is 0 Å². The SMILES string of the molecule is Cc1cc(NCc2cc(Br)ccc2O)ccc1O. The van der Waals surface area contributed by atoms with E-state index in [4.69, 9.17) is 0 Å². The molecule has 4 heteroatoms. The summed E-state index contributed by atoms with van der Waals surface area (Å²) in [5.74, 6) is 0.548. The first kappa shape index (κ1) is 12.8. The Bertz CT molecular complexity index is 570. The van der Waals surface area contributed by atoms with Gasteiger partial charge in [0.15, 0.2) is 0 Å². The lowest BCUT2D eigenvalue weighted by Crippen LogP contribution is -2.00.